The standard InChI is InChI=1S/C11H20N2O2/c1-9(2)11(15)13-8-6-4-5-7-10(14)12-3/h1,4-8H2,2-3H3,(H,12,14)(H,13,15). The predicted molar refractivity (Wildman–Crippen MR) is 60.4 cm³/mol. The maximum Gasteiger partial charge on any atom is 0.246 e. The molecule has 0 aromatic carbocycles. The Hall–Kier alpha value is -1.32. The van der Waals surface area contributed by atoms with E-state index in [1.54, 1.807) is 14.0 Å². The van der Waals surface area contributed by atoms with Crippen LogP contribution in [0.5, 0.6) is 0 Å². The van der Waals surface area contributed by atoms with Crippen molar-refractivity contribution < 1.29 is 9.59 Å². The van der Waals surface area contributed by atoms with Crippen LogP contribution < -0.4 is 10.6 Å². The molecule has 0 bridgehead atoms. The molecule has 2 amide bonds. The average molecular weight is 212 g/mol. The van der Waals surface area contributed by atoms with Crippen LogP contribution in [0, 0.1) is 0 Å². The van der Waals surface area contributed by atoms with Gasteiger partial charge in [0.15, 0.2) is 0 Å². The zero-order valence-electron chi connectivity index (χ0n) is 9.56. The molecule has 0 aliphatic carbocycles. The van der Waals surface area contributed by atoms with Crippen molar-refractivity contribution in [3.63, 3.8) is 0 Å². The van der Waals surface area contributed by atoms with Crippen molar-refractivity contribution in [1.82, 2.24) is 10.6 Å². The minimum absolute atomic E-state index is 0.0703. The largest absolute Gasteiger partial charge is 0.359 e. The van der Waals surface area contributed by atoms with E-state index < -0.39 is 0 Å². The van der Waals surface area contributed by atoms with Gasteiger partial charge in [-0.25, -0.2) is 0 Å². The van der Waals surface area contributed by atoms with Crippen molar-refractivity contribution in [2.75, 3.05) is 13.6 Å². The molecule has 0 aliphatic rings. The molecule has 4 nitrogen and oxygen atoms in total. The maximum absolute atomic E-state index is 11.1. The summed E-state index contributed by atoms with van der Waals surface area (Å²) in [5.41, 5.74) is 0.528. The summed E-state index contributed by atoms with van der Waals surface area (Å²) < 4.78 is 0. The van der Waals surface area contributed by atoms with Gasteiger partial charge in [0.25, 0.3) is 0 Å². The van der Waals surface area contributed by atoms with Gasteiger partial charge in [0.2, 0.25) is 11.8 Å². The smallest absolute Gasteiger partial charge is 0.246 e. The van der Waals surface area contributed by atoms with Crippen molar-refractivity contribution in [1.29, 1.82) is 0 Å². The lowest BCUT2D eigenvalue weighted by Gasteiger charge is -2.04. The van der Waals surface area contributed by atoms with Gasteiger partial charge in [0.05, 0.1) is 0 Å². The summed E-state index contributed by atoms with van der Waals surface area (Å²) in [7, 11) is 1.63. The second kappa shape index (κ2) is 8.03. The molecule has 0 aliphatic heterocycles. The van der Waals surface area contributed by atoms with Gasteiger partial charge < -0.3 is 10.6 Å². The second-order valence-electron chi connectivity index (χ2n) is 3.52. The summed E-state index contributed by atoms with van der Waals surface area (Å²) in [6, 6.07) is 0. The molecule has 0 fully saturated rings. The Bertz CT molecular complexity index is 237. The minimum atomic E-state index is -0.0960. The lowest BCUT2D eigenvalue weighted by Crippen LogP contribution is -2.24. The molecular weight excluding hydrogens is 192 g/mol. The molecule has 0 atom stereocenters. The molecule has 0 rings (SSSR count). The molecule has 0 radical (unpaired) electrons. The molecule has 15 heavy (non-hydrogen) atoms. The first-order valence-electron chi connectivity index (χ1n) is 5.22. The Morgan fingerprint density at radius 2 is 1.87 bits per heavy atom. The van der Waals surface area contributed by atoms with E-state index in [-0.39, 0.29) is 11.8 Å². The molecule has 0 saturated heterocycles. The molecule has 0 aromatic rings. The highest BCUT2D eigenvalue weighted by Crippen LogP contribution is 1.98. The van der Waals surface area contributed by atoms with Crippen LogP contribution in [0.4, 0.5) is 0 Å². The third-order valence-corrected chi connectivity index (χ3v) is 2.03. The van der Waals surface area contributed by atoms with Crippen molar-refractivity contribution in [2.45, 2.75) is 32.6 Å². The number of nitrogens with one attached hydrogen (secondary N) is 2. The first kappa shape index (κ1) is 13.7. The number of unbranched alkanes of at least 4 members (excludes halogenated alkanes) is 2. The van der Waals surface area contributed by atoms with E-state index in [0.29, 0.717) is 18.5 Å². The van der Waals surface area contributed by atoms with E-state index in [1.807, 2.05) is 0 Å². The Kier molecular flexibility index (Phi) is 7.32. The van der Waals surface area contributed by atoms with Gasteiger partial charge in [0.1, 0.15) is 0 Å². The molecule has 4 heteroatoms. The number of carbonyl (C=O) groups is 2. The second-order valence-corrected chi connectivity index (χ2v) is 3.52. The normalized spacial score (nSPS) is 9.47. The van der Waals surface area contributed by atoms with Gasteiger partial charge in [-0.15, -0.1) is 0 Å². The zero-order valence-corrected chi connectivity index (χ0v) is 9.56. The highest BCUT2D eigenvalue weighted by Gasteiger charge is 2.00. The quantitative estimate of drug-likeness (QED) is 0.488. The molecule has 86 valence electrons. The monoisotopic (exact) mass is 212 g/mol. The first-order valence-corrected chi connectivity index (χ1v) is 5.22. The van der Waals surface area contributed by atoms with Crippen molar-refractivity contribution in [3.8, 4) is 0 Å². The van der Waals surface area contributed by atoms with E-state index in [2.05, 4.69) is 17.2 Å². The van der Waals surface area contributed by atoms with Crippen molar-refractivity contribution in [3.05, 3.63) is 12.2 Å². The fraction of sp³-hybridized carbons (Fsp3) is 0.636. The summed E-state index contributed by atoms with van der Waals surface area (Å²) >= 11 is 0. The van der Waals surface area contributed by atoms with Crippen LogP contribution >= 0.6 is 0 Å². The Labute approximate surface area is 91.1 Å². The molecule has 0 unspecified atom stereocenters. The zero-order chi connectivity index (χ0) is 11.7. The van der Waals surface area contributed by atoms with E-state index >= 15 is 0 Å². The first-order chi connectivity index (χ1) is 7.07. The summed E-state index contributed by atoms with van der Waals surface area (Å²) in [6.45, 7) is 5.87. The van der Waals surface area contributed by atoms with Crippen LogP contribution in [0.2, 0.25) is 0 Å². The molecule has 2 N–H and O–H groups in total. The fourth-order valence-corrected chi connectivity index (χ4v) is 1.07. The molecule has 0 heterocycles. The van der Waals surface area contributed by atoms with Crippen molar-refractivity contribution in [2.24, 2.45) is 0 Å². The minimum Gasteiger partial charge on any atom is -0.359 e. The van der Waals surface area contributed by atoms with Gasteiger partial charge in [-0.05, 0) is 19.8 Å². The number of amides is 2. The van der Waals surface area contributed by atoms with Gasteiger partial charge in [-0.3, -0.25) is 9.59 Å². The van der Waals surface area contributed by atoms with Crippen molar-refractivity contribution >= 4 is 11.8 Å². The third-order valence-electron chi connectivity index (χ3n) is 2.03. The number of rotatable bonds is 7. The van der Waals surface area contributed by atoms with E-state index in [9.17, 15) is 9.59 Å². The van der Waals surface area contributed by atoms with Crippen LogP contribution in [-0.4, -0.2) is 25.4 Å². The van der Waals surface area contributed by atoms with E-state index in [1.165, 1.54) is 0 Å². The highest BCUT2D eigenvalue weighted by molar-refractivity contribution is 5.91. The lowest BCUT2D eigenvalue weighted by atomic mass is 10.2. The molecular formula is C11H20N2O2. The number of hydrogen-bond acceptors (Lipinski definition) is 2. The summed E-state index contributed by atoms with van der Waals surface area (Å²) in [6.07, 6.45) is 3.27. The maximum atomic E-state index is 11.1. The van der Waals surface area contributed by atoms with Crippen LogP contribution in [0.15, 0.2) is 12.2 Å². The molecule has 0 saturated carbocycles. The Morgan fingerprint density at radius 1 is 1.20 bits per heavy atom. The molecule has 0 spiro atoms. The fourth-order valence-electron chi connectivity index (χ4n) is 1.07. The van der Waals surface area contributed by atoms with Crippen LogP contribution in [-0.2, 0) is 9.59 Å². The summed E-state index contributed by atoms with van der Waals surface area (Å²) in [5.74, 6) is -0.0257. The van der Waals surface area contributed by atoms with Gasteiger partial charge >= 0.3 is 0 Å². The predicted octanol–water partition coefficient (Wildman–Crippen LogP) is 0.985. The topological polar surface area (TPSA) is 58.2 Å². The Morgan fingerprint density at radius 3 is 2.40 bits per heavy atom. The van der Waals surface area contributed by atoms with E-state index in [4.69, 9.17) is 0 Å². The number of carbonyl (C=O) groups excluding carboxylic acids is 2. The van der Waals surface area contributed by atoms with Crippen LogP contribution in [0.1, 0.15) is 32.6 Å². The van der Waals surface area contributed by atoms with Gasteiger partial charge in [-0.1, -0.05) is 13.0 Å². The number of hydrogen-bond donors (Lipinski definition) is 2. The van der Waals surface area contributed by atoms with Gasteiger partial charge in [-0.2, -0.15) is 0 Å². The van der Waals surface area contributed by atoms with Crippen LogP contribution in [0.3, 0.4) is 0 Å². The average Bonchev–Trinajstić information content (AvgIpc) is 2.22. The van der Waals surface area contributed by atoms with Crippen LogP contribution in [0.25, 0.3) is 0 Å². The third kappa shape index (κ3) is 7.73. The lowest BCUT2D eigenvalue weighted by molar-refractivity contribution is -0.121. The van der Waals surface area contributed by atoms with Gasteiger partial charge in [0, 0.05) is 25.6 Å². The molecule has 0 aromatic heterocycles. The summed E-state index contributed by atoms with van der Waals surface area (Å²) in [4.78, 5) is 21.9. The Balaban J connectivity index is 3.29. The SMILES string of the molecule is C=C(C)C(=O)NCCCCCC(=O)NC. The van der Waals surface area contributed by atoms with E-state index in [0.717, 1.165) is 19.3 Å². The highest BCUT2D eigenvalue weighted by atomic mass is 16.2. The summed E-state index contributed by atoms with van der Waals surface area (Å²) in [5, 5.41) is 5.31.